The Hall–Kier alpha value is 0.660. The van der Waals surface area contributed by atoms with Crippen LogP contribution in [0.4, 0.5) is 0 Å². The van der Waals surface area contributed by atoms with E-state index in [9.17, 15) is 0 Å². The van der Waals surface area contributed by atoms with E-state index in [0.29, 0.717) is 4.83 Å². The summed E-state index contributed by atoms with van der Waals surface area (Å²) in [5.41, 5.74) is 1.36. The lowest BCUT2D eigenvalue weighted by Crippen LogP contribution is -2.03. The molecule has 3 heteroatoms. The zero-order valence-electron chi connectivity index (χ0n) is 6.43. The number of benzene rings is 1. The minimum atomic E-state index is 0.527. The molecule has 1 rings (SSSR count). The Bertz CT molecular complexity index is 230. The number of alkyl halides is 2. The predicted molar refractivity (Wildman–Crippen MR) is 64.4 cm³/mol. The van der Waals surface area contributed by atoms with Gasteiger partial charge in [0.15, 0.2) is 0 Å². The first kappa shape index (κ1) is 10.7. The van der Waals surface area contributed by atoms with E-state index in [-0.39, 0.29) is 0 Å². The molecule has 0 amide bonds. The first-order chi connectivity index (χ1) is 5.72. The summed E-state index contributed by atoms with van der Waals surface area (Å²) in [4.78, 5) is 0.527. The van der Waals surface area contributed by atoms with Crippen LogP contribution in [-0.2, 0) is 6.42 Å². The number of hydrogen-bond donors (Lipinski definition) is 0. The highest BCUT2D eigenvalue weighted by Crippen LogP contribution is 2.15. The monoisotopic (exact) mass is 354 g/mol. The standard InChI is InChI=1S/C9H9Br3/c10-6-9(12)5-7-1-3-8(11)4-2-7/h1-4,9H,5-6H2. The molecule has 1 aromatic rings. The summed E-state index contributed by atoms with van der Waals surface area (Å²) in [5.74, 6) is 0. The van der Waals surface area contributed by atoms with Gasteiger partial charge in [-0.25, -0.2) is 0 Å². The zero-order chi connectivity index (χ0) is 8.97. The van der Waals surface area contributed by atoms with E-state index < -0.39 is 0 Å². The van der Waals surface area contributed by atoms with E-state index in [1.54, 1.807) is 0 Å². The van der Waals surface area contributed by atoms with Crippen molar-refractivity contribution in [3.63, 3.8) is 0 Å². The number of halogens is 3. The van der Waals surface area contributed by atoms with Gasteiger partial charge in [-0.1, -0.05) is 59.9 Å². The molecule has 0 aliphatic carbocycles. The molecular formula is C9H9Br3. The normalized spacial score (nSPS) is 12.9. The Balaban J connectivity index is 2.58. The van der Waals surface area contributed by atoms with Crippen molar-refractivity contribution >= 4 is 47.8 Å². The molecule has 0 spiro atoms. The summed E-state index contributed by atoms with van der Waals surface area (Å²) in [6.07, 6.45) is 1.07. The molecule has 0 aromatic heterocycles. The Labute approximate surface area is 98.1 Å². The van der Waals surface area contributed by atoms with E-state index in [4.69, 9.17) is 0 Å². The highest BCUT2D eigenvalue weighted by atomic mass is 79.9. The van der Waals surface area contributed by atoms with Crippen molar-refractivity contribution in [2.24, 2.45) is 0 Å². The van der Waals surface area contributed by atoms with Gasteiger partial charge < -0.3 is 0 Å². The predicted octanol–water partition coefficient (Wildman–Crippen LogP) is 4.15. The average Bonchev–Trinajstić information content (AvgIpc) is 2.09. The molecule has 0 fully saturated rings. The van der Waals surface area contributed by atoms with Gasteiger partial charge >= 0.3 is 0 Å². The third kappa shape index (κ3) is 3.58. The van der Waals surface area contributed by atoms with Crippen molar-refractivity contribution < 1.29 is 0 Å². The number of hydrogen-bond acceptors (Lipinski definition) is 0. The summed E-state index contributed by atoms with van der Waals surface area (Å²) < 4.78 is 1.14. The molecule has 0 radical (unpaired) electrons. The van der Waals surface area contributed by atoms with Crippen LogP contribution < -0.4 is 0 Å². The van der Waals surface area contributed by atoms with E-state index >= 15 is 0 Å². The second-order valence-electron chi connectivity index (χ2n) is 2.58. The maximum absolute atomic E-state index is 3.57. The molecule has 0 aliphatic rings. The molecule has 0 saturated carbocycles. The molecule has 0 heterocycles. The quantitative estimate of drug-likeness (QED) is 0.714. The zero-order valence-corrected chi connectivity index (χ0v) is 11.2. The Morgan fingerprint density at radius 1 is 1.17 bits per heavy atom. The molecule has 1 aromatic carbocycles. The molecule has 0 nitrogen and oxygen atoms in total. The summed E-state index contributed by atoms with van der Waals surface area (Å²) in [5, 5.41) is 0.989. The molecule has 1 atom stereocenters. The van der Waals surface area contributed by atoms with Gasteiger partial charge in [-0.05, 0) is 24.1 Å². The molecular weight excluding hydrogens is 348 g/mol. The fourth-order valence-corrected chi connectivity index (χ4v) is 1.80. The minimum Gasteiger partial charge on any atom is -0.0916 e. The van der Waals surface area contributed by atoms with E-state index in [0.717, 1.165) is 16.2 Å². The van der Waals surface area contributed by atoms with Crippen molar-refractivity contribution in [2.75, 3.05) is 5.33 Å². The highest BCUT2D eigenvalue weighted by molar-refractivity contribution is 9.12. The lowest BCUT2D eigenvalue weighted by atomic mass is 10.1. The topological polar surface area (TPSA) is 0 Å². The lowest BCUT2D eigenvalue weighted by Gasteiger charge is -2.05. The van der Waals surface area contributed by atoms with E-state index in [1.165, 1.54) is 5.56 Å². The first-order valence-electron chi connectivity index (χ1n) is 3.67. The largest absolute Gasteiger partial charge is 0.0916 e. The highest BCUT2D eigenvalue weighted by Gasteiger charge is 2.02. The Kier molecular flexibility index (Phi) is 4.84. The van der Waals surface area contributed by atoms with Crippen LogP contribution in [-0.4, -0.2) is 10.2 Å². The molecule has 0 bridgehead atoms. The second-order valence-corrected chi connectivity index (χ2v) is 5.44. The van der Waals surface area contributed by atoms with E-state index in [1.807, 2.05) is 0 Å². The van der Waals surface area contributed by atoms with Crippen LogP contribution in [0.5, 0.6) is 0 Å². The summed E-state index contributed by atoms with van der Waals surface area (Å²) in [6.45, 7) is 0. The maximum atomic E-state index is 3.57. The van der Waals surface area contributed by atoms with Gasteiger partial charge in [-0.2, -0.15) is 0 Å². The van der Waals surface area contributed by atoms with Crippen LogP contribution in [0.15, 0.2) is 28.7 Å². The fourth-order valence-electron chi connectivity index (χ4n) is 0.931. The summed E-state index contributed by atoms with van der Waals surface area (Å²) in [6, 6.07) is 8.43. The second kappa shape index (κ2) is 5.40. The lowest BCUT2D eigenvalue weighted by molar-refractivity contribution is 0.976. The third-order valence-electron chi connectivity index (χ3n) is 1.54. The van der Waals surface area contributed by atoms with Gasteiger partial charge in [0, 0.05) is 14.6 Å². The molecule has 0 aliphatic heterocycles. The van der Waals surface area contributed by atoms with Gasteiger partial charge in [0.25, 0.3) is 0 Å². The Morgan fingerprint density at radius 3 is 2.25 bits per heavy atom. The maximum Gasteiger partial charge on any atom is 0.0283 e. The molecule has 0 N–H and O–H groups in total. The average molecular weight is 357 g/mol. The van der Waals surface area contributed by atoms with Crippen LogP contribution in [0.2, 0.25) is 0 Å². The molecule has 1 unspecified atom stereocenters. The smallest absolute Gasteiger partial charge is 0.0283 e. The first-order valence-corrected chi connectivity index (χ1v) is 6.50. The Morgan fingerprint density at radius 2 is 1.75 bits per heavy atom. The minimum absolute atomic E-state index is 0.527. The molecule has 0 saturated heterocycles. The van der Waals surface area contributed by atoms with Crippen molar-refractivity contribution in [1.82, 2.24) is 0 Å². The fraction of sp³-hybridized carbons (Fsp3) is 0.333. The van der Waals surface area contributed by atoms with Crippen LogP contribution in [0.3, 0.4) is 0 Å². The van der Waals surface area contributed by atoms with Crippen molar-refractivity contribution in [3.8, 4) is 0 Å². The van der Waals surface area contributed by atoms with Crippen molar-refractivity contribution in [1.29, 1.82) is 0 Å². The molecule has 66 valence electrons. The van der Waals surface area contributed by atoms with E-state index in [2.05, 4.69) is 72.1 Å². The van der Waals surface area contributed by atoms with Gasteiger partial charge in [0.05, 0.1) is 0 Å². The van der Waals surface area contributed by atoms with Gasteiger partial charge in [0.1, 0.15) is 0 Å². The van der Waals surface area contributed by atoms with Crippen LogP contribution >= 0.6 is 47.8 Å². The van der Waals surface area contributed by atoms with Crippen LogP contribution in [0.25, 0.3) is 0 Å². The van der Waals surface area contributed by atoms with Gasteiger partial charge in [-0.15, -0.1) is 0 Å². The molecule has 12 heavy (non-hydrogen) atoms. The SMILES string of the molecule is BrCC(Br)Cc1ccc(Br)cc1. The summed E-state index contributed by atoms with van der Waals surface area (Å²) >= 11 is 10.4. The third-order valence-corrected chi connectivity index (χ3v) is 4.36. The van der Waals surface area contributed by atoms with Gasteiger partial charge in [-0.3, -0.25) is 0 Å². The van der Waals surface area contributed by atoms with Crippen LogP contribution in [0.1, 0.15) is 5.56 Å². The van der Waals surface area contributed by atoms with Crippen molar-refractivity contribution in [3.05, 3.63) is 34.3 Å². The number of rotatable bonds is 3. The summed E-state index contributed by atoms with van der Waals surface area (Å²) in [7, 11) is 0. The van der Waals surface area contributed by atoms with Gasteiger partial charge in [0.2, 0.25) is 0 Å². The van der Waals surface area contributed by atoms with Crippen molar-refractivity contribution in [2.45, 2.75) is 11.2 Å². The van der Waals surface area contributed by atoms with Crippen LogP contribution in [0, 0.1) is 0 Å².